The number of rotatable bonds is 3. The predicted molar refractivity (Wildman–Crippen MR) is 77.9 cm³/mol. The number of nitrogens with zero attached hydrogens (tertiary/aromatic N) is 2. The number of fused-ring (bicyclic) bond motifs is 1. The van der Waals surface area contributed by atoms with Crippen molar-refractivity contribution in [2.24, 2.45) is 17.8 Å². The molecule has 1 saturated carbocycles. The third kappa shape index (κ3) is 3.54. The number of carbonyl (C=O) groups excluding carboxylic acids is 1. The number of pyridine rings is 1. The largest absolute Gasteiger partial charge is 0.475 e. The van der Waals surface area contributed by atoms with Crippen LogP contribution in [-0.2, 0) is 4.74 Å². The van der Waals surface area contributed by atoms with Crippen molar-refractivity contribution in [1.29, 1.82) is 0 Å². The van der Waals surface area contributed by atoms with E-state index < -0.39 is 17.2 Å². The van der Waals surface area contributed by atoms with Crippen molar-refractivity contribution in [3.05, 3.63) is 23.9 Å². The Hall–Kier alpha value is -1.92. The van der Waals surface area contributed by atoms with Crippen molar-refractivity contribution in [3.8, 4) is 5.88 Å². The van der Waals surface area contributed by atoms with Crippen molar-refractivity contribution < 1.29 is 23.0 Å². The molecule has 1 saturated heterocycles. The highest BCUT2D eigenvalue weighted by molar-refractivity contribution is 5.69. The molecule has 7 heteroatoms. The molecule has 0 aromatic carbocycles. The van der Waals surface area contributed by atoms with Crippen molar-refractivity contribution >= 4 is 6.09 Å². The van der Waals surface area contributed by atoms with Gasteiger partial charge < -0.3 is 14.4 Å². The van der Waals surface area contributed by atoms with E-state index in [4.69, 9.17) is 9.47 Å². The average Bonchev–Trinajstić information content (AvgIpc) is 2.88. The van der Waals surface area contributed by atoms with Crippen LogP contribution in [-0.4, -0.2) is 41.3 Å². The quantitative estimate of drug-likeness (QED) is 0.857. The molecule has 0 radical (unpaired) electrons. The van der Waals surface area contributed by atoms with Gasteiger partial charge in [-0.1, -0.05) is 0 Å². The summed E-state index contributed by atoms with van der Waals surface area (Å²) in [6.45, 7) is 7.10. The Morgan fingerprint density at radius 2 is 2.00 bits per heavy atom. The summed E-state index contributed by atoms with van der Waals surface area (Å²) in [6, 6.07) is 0.750. The smallest absolute Gasteiger partial charge is 0.410 e. The summed E-state index contributed by atoms with van der Waals surface area (Å²) in [5.41, 5.74) is -0.502. The van der Waals surface area contributed by atoms with E-state index in [0.29, 0.717) is 31.5 Å². The lowest BCUT2D eigenvalue weighted by atomic mass is 10.2. The van der Waals surface area contributed by atoms with Gasteiger partial charge in [-0.15, -0.1) is 0 Å². The number of likely N-dealkylation sites (tertiary alicyclic amines) is 1. The summed E-state index contributed by atoms with van der Waals surface area (Å²) in [4.78, 5) is 17.3. The highest BCUT2D eigenvalue weighted by Gasteiger charge is 2.57. The van der Waals surface area contributed by atoms with E-state index in [0.717, 1.165) is 12.3 Å². The number of ether oxygens (including phenoxy) is 2. The molecule has 5 nitrogen and oxygen atoms in total. The van der Waals surface area contributed by atoms with E-state index >= 15 is 0 Å². The van der Waals surface area contributed by atoms with Crippen molar-refractivity contribution in [2.75, 3.05) is 19.7 Å². The van der Waals surface area contributed by atoms with E-state index in [1.807, 2.05) is 20.8 Å². The normalized spacial score (nSPS) is 26.0. The Morgan fingerprint density at radius 3 is 2.57 bits per heavy atom. The Labute approximate surface area is 133 Å². The van der Waals surface area contributed by atoms with Gasteiger partial charge in [0.05, 0.1) is 12.8 Å². The van der Waals surface area contributed by atoms with Crippen LogP contribution < -0.4 is 4.74 Å². The molecule has 1 aliphatic heterocycles. The maximum absolute atomic E-state index is 13.4. The molecule has 1 aliphatic carbocycles. The highest BCUT2D eigenvalue weighted by atomic mass is 19.1. The Morgan fingerprint density at radius 1 is 1.35 bits per heavy atom. The summed E-state index contributed by atoms with van der Waals surface area (Å²) in [7, 11) is 0. The number of aromatic nitrogens is 1. The maximum atomic E-state index is 13.4. The number of amides is 1. The highest BCUT2D eigenvalue weighted by Crippen LogP contribution is 2.51. The van der Waals surface area contributed by atoms with Crippen molar-refractivity contribution in [2.45, 2.75) is 26.4 Å². The van der Waals surface area contributed by atoms with E-state index in [1.165, 1.54) is 0 Å². The van der Waals surface area contributed by atoms with Gasteiger partial charge in [0.2, 0.25) is 0 Å². The summed E-state index contributed by atoms with van der Waals surface area (Å²) in [6.07, 6.45) is 0.631. The van der Waals surface area contributed by atoms with Crippen LogP contribution in [0.5, 0.6) is 5.88 Å². The number of hydrogen-bond donors (Lipinski definition) is 0. The predicted octanol–water partition coefficient (Wildman–Crippen LogP) is 2.85. The van der Waals surface area contributed by atoms with Gasteiger partial charge in [-0.05, 0) is 32.6 Å². The number of halogens is 2. The maximum Gasteiger partial charge on any atom is 0.410 e. The third-order valence-electron chi connectivity index (χ3n) is 4.21. The standard InChI is InChI=1S/C16H20F2N2O3/c1-16(2,3)23-15(21)20-6-10-11(7-20)12(10)8-22-14-13(18)4-9(17)5-19-14/h4-5,10-12H,6-8H2,1-3H3/t10-,11+,12?. The van der Waals surface area contributed by atoms with Gasteiger partial charge in [0.1, 0.15) is 11.4 Å². The zero-order chi connectivity index (χ0) is 16.8. The van der Waals surface area contributed by atoms with Crippen LogP contribution in [0.15, 0.2) is 12.3 Å². The molecule has 3 atom stereocenters. The van der Waals surface area contributed by atoms with Crippen LogP contribution in [0.25, 0.3) is 0 Å². The first-order chi connectivity index (χ1) is 10.7. The minimum absolute atomic E-state index is 0.180. The van der Waals surface area contributed by atoms with Gasteiger partial charge in [-0.25, -0.2) is 18.6 Å². The summed E-state index contributed by atoms with van der Waals surface area (Å²) in [5.74, 6) is -0.727. The fourth-order valence-corrected chi connectivity index (χ4v) is 3.06. The second-order valence-electron chi connectivity index (χ2n) is 7.13. The average molecular weight is 326 g/mol. The fourth-order valence-electron chi connectivity index (χ4n) is 3.06. The summed E-state index contributed by atoms with van der Waals surface area (Å²) >= 11 is 0. The monoisotopic (exact) mass is 326 g/mol. The number of hydrogen-bond acceptors (Lipinski definition) is 4. The topological polar surface area (TPSA) is 51.7 Å². The van der Waals surface area contributed by atoms with Crippen LogP contribution in [0.1, 0.15) is 20.8 Å². The molecule has 3 rings (SSSR count). The molecule has 1 aromatic rings. The van der Waals surface area contributed by atoms with Gasteiger partial charge >= 0.3 is 6.09 Å². The van der Waals surface area contributed by atoms with Crippen LogP contribution in [0.2, 0.25) is 0 Å². The zero-order valence-corrected chi connectivity index (χ0v) is 13.4. The molecule has 126 valence electrons. The second-order valence-corrected chi connectivity index (χ2v) is 7.13. The van der Waals surface area contributed by atoms with Crippen LogP contribution in [0, 0.1) is 29.4 Å². The first-order valence-electron chi connectivity index (χ1n) is 7.66. The molecular formula is C16H20F2N2O3. The van der Waals surface area contributed by atoms with E-state index in [-0.39, 0.29) is 17.9 Å². The lowest BCUT2D eigenvalue weighted by Crippen LogP contribution is -2.37. The van der Waals surface area contributed by atoms with Crippen LogP contribution >= 0.6 is 0 Å². The van der Waals surface area contributed by atoms with Gasteiger partial charge in [0.25, 0.3) is 5.88 Å². The number of carbonyl (C=O) groups is 1. The number of piperidine rings is 1. The Bertz CT molecular complexity index is 606. The van der Waals surface area contributed by atoms with Gasteiger partial charge in [-0.2, -0.15) is 0 Å². The van der Waals surface area contributed by atoms with E-state index in [2.05, 4.69) is 4.98 Å². The minimum Gasteiger partial charge on any atom is -0.475 e. The molecule has 1 unspecified atom stereocenters. The molecule has 2 aliphatic rings. The Balaban J connectivity index is 1.46. The zero-order valence-electron chi connectivity index (χ0n) is 13.4. The second kappa shape index (κ2) is 5.62. The minimum atomic E-state index is -0.800. The van der Waals surface area contributed by atoms with Crippen LogP contribution in [0.4, 0.5) is 13.6 Å². The Kier molecular flexibility index (Phi) is 3.90. The molecule has 0 N–H and O–H groups in total. The van der Waals surface area contributed by atoms with Crippen molar-refractivity contribution in [3.63, 3.8) is 0 Å². The molecule has 1 amide bonds. The van der Waals surface area contributed by atoms with Gasteiger partial charge in [0, 0.05) is 25.1 Å². The van der Waals surface area contributed by atoms with Crippen LogP contribution in [0.3, 0.4) is 0 Å². The van der Waals surface area contributed by atoms with E-state index in [1.54, 1.807) is 4.90 Å². The van der Waals surface area contributed by atoms with Crippen molar-refractivity contribution in [1.82, 2.24) is 9.88 Å². The van der Waals surface area contributed by atoms with E-state index in [9.17, 15) is 13.6 Å². The van der Waals surface area contributed by atoms with Gasteiger partial charge in [-0.3, -0.25) is 0 Å². The molecular weight excluding hydrogens is 306 g/mol. The molecule has 2 fully saturated rings. The molecule has 23 heavy (non-hydrogen) atoms. The lowest BCUT2D eigenvalue weighted by molar-refractivity contribution is 0.0260. The summed E-state index contributed by atoms with van der Waals surface area (Å²) in [5, 5.41) is 0. The fraction of sp³-hybridized carbons (Fsp3) is 0.625. The first-order valence-corrected chi connectivity index (χ1v) is 7.66. The molecule has 1 aromatic heterocycles. The molecule has 0 spiro atoms. The first kappa shape index (κ1) is 16.0. The molecule has 0 bridgehead atoms. The molecule has 2 heterocycles. The summed E-state index contributed by atoms with van der Waals surface area (Å²) < 4.78 is 36.9. The SMILES string of the molecule is CC(C)(C)OC(=O)N1C[C@@H]2C(COc3ncc(F)cc3F)[C@@H]2C1. The third-order valence-corrected chi connectivity index (χ3v) is 4.21. The van der Waals surface area contributed by atoms with Gasteiger partial charge in [0.15, 0.2) is 5.82 Å². The lowest BCUT2D eigenvalue weighted by Gasteiger charge is -2.25.